The van der Waals surface area contributed by atoms with E-state index in [9.17, 15) is 9.90 Å². The van der Waals surface area contributed by atoms with Crippen molar-refractivity contribution in [1.82, 2.24) is 4.90 Å². The SMILES string of the molecule is CCOc1cc(C(=O)N2CCCC2CO)ccc1OC. The average molecular weight is 279 g/mol. The highest BCUT2D eigenvalue weighted by Crippen LogP contribution is 2.29. The summed E-state index contributed by atoms with van der Waals surface area (Å²) in [5, 5.41) is 9.31. The van der Waals surface area contributed by atoms with Crippen molar-refractivity contribution in [2.75, 3.05) is 26.9 Å². The fourth-order valence-electron chi connectivity index (χ4n) is 2.54. The number of methoxy groups -OCH3 is 1. The van der Waals surface area contributed by atoms with E-state index in [-0.39, 0.29) is 18.6 Å². The first-order valence-electron chi connectivity index (χ1n) is 6.94. The Hall–Kier alpha value is -1.75. The zero-order valence-corrected chi connectivity index (χ0v) is 12.0. The molecule has 5 heteroatoms. The molecule has 1 saturated heterocycles. The Morgan fingerprint density at radius 1 is 1.45 bits per heavy atom. The molecular formula is C15H21NO4. The second-order valence-electron chi connectivity index (χ2n) is 4.78. The van der Waals surface area contributed by atoms with Gasteiger partial charge in [-0.05, 0) is 38.0 Å². The van der Waals surface area contributed by atoms with E-state index in [0.717, 1.165) is 12.8 Å². The molecule has 1 aromatic rings. The first-order chi connectivity index (χ1) is 9.71. The van der Waals surface area contributed by atoms with Crippen LogP contribution in [0.25, 0.3) is 0 Å². The number of nitrogens with zero attached hydrogens (tertiary/aromatic N) is 1. The zero-order valence-electron chi connectivity index (χ0n) is 12.0. The van der Waals surface area contributed by atoms with E-state index >= 15 is 0 Å². The van der Waals surface area contributed by atoms with Crippen LogP contribution in [0.1, 0.15) is 30.1 Å². The summed E-state index contributed by atoms with van der Waals surface area (Å²) < 4.78 is 10.7. The van der Waals surface area contributed by atoms with Crippen LogP contribution >= 0.6 is 0 Å². The minimum atomic E-state index is -0.0693. The van der Waals surface area contributed by atoms with E-state index in [1.165, 1.54) is 0 Å². The van der Waals surface area contributed by atoms with E-state index < -0.39 is 0 Å². The van der Waals surface area contributed by atoms with Crippen LogP contribution in [0.3, 0.4) is 0 Å². The maximum Gasteiger partial charge on any atom is 0.254 e. The molecule has 1 fully saturated rings. The second kappa shape index (κ2) is 6.61. The quantitative estimate of drug-likeness (QED) is 0.891. The molecule has 1 unspecified atom stereocenters. The molecule has 1 N–H and O–H groups in total. The summed E-state index contributed by atoms with van der Waals surface area (Å²) in [4.78, 5) is 14.2. The normalized spacial score (nSPS) is 18.1. The molecule has 5 nitrogen and oxygen atoms in total. The Labute approximate surface area is 119 Å². The van der Waals surface area contributed by atoms with Gasteiger partial charge in [-0.15, -0.1) is 0 Å². The van der Waals surface area contributed by atoms with Gasteiger partial charge in [0.25, 0.3) is 5.91 Å². The maximum atomic E-state index is 12.5. The van der Waals surface area contributed by atoms with Gasteiger partial charge in [-0.1, -0.05) is 0 Å². The number of amides is 1. The molecule has 20 heavy (non-hydrogen) atoms. The van der Waals surface area contributed by atoms with Crippen molar-refractivity contribution in [3.8, 4) is 11.5 Å². The minimum absolute atomic E-state index is 0.0141. The number of carbonyl (C=O) groups excluding carboxylic acids is 1. The highest BCUT2D eigenvalue weighted by Gasteiger charge is 2.29. The molecule has 1 atom stereocenters. The molecule has 1 aliphatic rings. The molecule has 1 aromatic carbocycles. The third-order valence-corrected chi connectivity index (χ3v) is 3.56. The Bertz CT molecular complexity index is 475. The van der Waals surface area contributed by atoms with Crippen LogP contribution < -0.4 is 9.47 Å². The van der Waals surface area contributed by atoms with Crippen LogP contribution in [-0.4, -0.2) is 48.8 Å². The van der Waals surface area contributed by atoms with Gasteiger partial charge in [0.05, 0.1) is 26.4 Å². The number of aliphatic hydroxyl groups is 1. The van der Waals surface area contributed by atoms with Crippen molar-refractivity contribution in [3.05, 3.63) is 23.8 Å². The summed E-state index contributed by atoms with van der Waals surface area (Å²) >= 11 is 0. The number of aliphatic hydroxyl groups excluding tert-OH is 1. The Morgan fingerprint density at radius 3 is 2.90 bits per heavy atom. The topological polar surface area (TPSA) is 59.0 Å². The molecular weight excluding hydrogens is 258 g/mol. The summed E-state index contributed by atoms with van der Waals surface area (Å²) in [5.74, 6) is 1.12. The van der Waals surface area contributed by atoms with E-state index in [1.807, 2.05) is 6.92 Å². The molecule has 0 spiro atoms. The standard InChI is InChI=1S/C15H21NO4/c1-3-20-14-9-11(6-7-13(14)19-2)15(18)16-8-4-5-12(16)10-17/h6-7,9,12,17H,3-5,8,10H2,1-2H3. The first-order valence-corrected chi connectivity index (χ1v) is 6.94. The predicted octanol–water partition coefficient (Wildman–Crippen LogP) is 1.69. The predicted molar refractivity (Wildman–Crippen MR) is 75.3 cm³/mol. The average Bonchev–Trinajstić information content (AvgIpc) is 2.95. The molecule has 1 aliphatic heterocycles. The van der Waals surface area contributed by atoms with E-state index in [2.05, 4.69) is 0 Å². The Kier molecular flexibility index (Phi) is 4.84. The lowest BCUT2D eigenvalue weighted by Crippen LogP contribution is -2.37. The van der Waals surface area contributed by atoms with E-state index in [4.69, 9.17) is 9.47 Å². The second-order valence-corrected chi connectivity index (χ2v) is 4.78. The smallest absolute Gasteiger partial charge is 0.254 e. The van der Waals surface area contributed by atoms with Gasteiger partial charge in [-0.25, -0.2) is 0 Å². The third-order valence-electron chi connectivity index (χ3n) is 3.56. The van der Waals surface area contributed by atoms with Gasteiger partial charge in [0, 0.05) is 12.1 Å². The van der Waals surface area contributed by atoms with Gasteiger partial charge < -0.3 is 19.5 Å². The molecule has 1 heterocycles. The van der Waals surface area contributed by atoms with Crippen LogP contribution in [0.2, 0.25) is 0 Å². The monoisotopic (exact) mass is 279 g/mol. The number of hydrogen-bond acceptors (Lipinski definition) is 4. The van der Waals surface area contributed by atoms with Gasteiger partial charge in [0.1, 0.15) is 0 Å². The van der Waals surface area contributed by atoms with Crippen molar-refractivity contribution >= 4 is 5.91 Å². The first kappa shape index (κ1) is 14.7. The Morgan fingerprint density at radius 2 is 2.25 bits per heavy atom. The summed E-state index contributed by atoms with van der Waals surface area (Å²) in [6, 6.07) is 5.11. The van der Waals surface area contributed by atoms with Crippen molar-refractivity contribution in [3.63, 3.8) is 0 Å². The van der Waals surface area contributed by atoms with Crippen LogP contribution in [0.4, 0.5) is 0 Å². The number of benzene rings is 1. The molecule has 0 aromatic heterocycles. The number of likely N-dealkylation sites (tertiary alicyclic amines) is 1. The van der Waals surface area contributed by atoms with Crippen molar-refractivity contribution < 1.29 is 19.4 Å². The molecule has 1 amide bonds. The van der Waals surface area contributed by atoms with Gasteiger partial charge in [0.15, 0.2) is 11.5 Å². The van der Waals surface area contributed by atoms with Crippen LogP contribution in [0.5, 0.6) is 11.5 Å². The number of hydrogen-bond donors (Lipinski definition) is 1. The molecule has 0 bridgehead atoms. The highest BCUT2D eigenvalue weighted by molar-refractivity contribution is 5.95. The van der Waals surface area contributed by atoms with Gasteiger partial charge in [-0.3, -0.25) is 4.79 Å². The third kappa shape index (κ3) is 2.88. The fourth-order valence-corrected chi connectivity index (χ4v) is 2.54. The van der Waals surface area contributed by atoms with Crippen LogP contribution in [0.15, 0.2) is 18.2 Å². The lowest BCUT2D eigenvalue weighted by atomic mass is 10.1. The van der Waals surface area contributed by atoms with Gasteiger partial charge in [0.2, 0.25) is 0 Å². The zero-order chi connectivity index (χ0) is 14.5. The lowest BCUT2D eigenvalue weighted by molar-refractivity contribution is 0.0677. The highest BCUT2D eigenvalue weighted by atomic mass is 16.5. The number of rotatable bonds is 5. The van der Waals surface area contributed by atoms with Gasteiger partial charge >= 0.3 is 0 Å². The number of ether oxygens (including phenoxy) is 2. The molecule has 2 rings (SSSR count). The van der Waals surface area contributed by atoms with E-state index in [1.54, 1.807) is 30.2 Å². The largest absolute Gasteiger partial charge is 0.493 e. The van der Waals surface area contributed by atoms with E-state index in [0.29, 0.717) is 30.2 Å². The summed E-state index contributed by atoms with van der Waals surface area (Å²) in [5.41, 5.74) is 0.564. The minimum Gasteiger partial charge on any atom is -0.493 e. The molecule has 110 valence electrons. The summed E-state index contributed by atoms with van der Waals surface area (Å²) in [6.45, 7) is 3.10. The van der Waals surface area contributed by atoms with Gasteiger partial charge in [-0.2, -0.15) is 0 Å². The van der Waals surface area contributed by atoms with Crippen LogP contribution in [-0.2, 0) is 0 Å². The maximum absolute atomic E-state index is 12.5. The fraction of sp³-hybridized carbons (Fsp3) is 0.533. The van der Waals surface area contributed by atoms with Crippen molar-refractivity contribution in [2.24, 2.45) is 0 Å². The molecule has 0 radical (unpaired) electrons. The molecule has 0 saturated carbocycles. The summed E-state index contributed by atoms with van der Waals surface area (Å²) in [6.07, 6.45) is 1.79. The van der Waals surface area contributed by atoms with Crippen molar-refractivity contribution in [2.45, 2.75) is 25.8 Å². The lowest BCUT2D eigenvalue weighted by Gasteiger charge is -2.23. The summed E-state index contributed by atoms with van der Waals surface area (Å²) in [7, 11) is 1.57. The molecule has 0 aliphatic carbocycles. The number of carbonyl (C=O) groups is 1. The Balaban J connectivity index is 2.23. The van der Waals surface area contributed by atoms with Crippen LogP contribution in [0, 0.1) is 0 Å². The van der Waals surface area contributed by atoms with Crippen molar-refractivity contribution in [1.29, 1.82) is 0 Å².